The molecule has 0 aromatic heterocycles. The standard InChI is InChI=1S/C33H43N3O11/c1-32(2,3)46-30(41)34-16-18-36(19-17-35-31(42)47-33(4,5)6)26(37)22-8-10-24(11-9-22)28(39)44-20-21-45-29(40)25-14-12-23(13-15-25)27(38)43-7/h8-15H,16-21H2,1-7H3,(H,34,41)(H,35,42). The number of alkyl carbamates (subject to hydrolysis) is 2. The number of amides is 3. The molecular weight excluding hydrogens is 614 g/mol. The topological polar surface area (TPSA) is 176 Å². The van der Waals surface area contributed by atoms with Crippen molar-refractivity contribution in [1.82, 2.24) is 15.5 Å². The molecule has 0 spiro atoms. The second kappa shape index (κ2) is 17.5. The highest BCUT2D eigenvalue weighted by atomic mass is 16.6. The summed E-state index contributed by atoms with van der Waals surface area (Å²) in [5.41, 5.74) is -0.474. The van der Waals surface area contributed by atoms with E-state index in [9.17, 15) is 28.8 Å². The Balaban J connectivity index is 1.93. The van der Waals surface area contributed by atoms with Crippen molar-refractivity contribution in [2.75, 3.05) is 46.5 Å². The minimum Gasteiger partial charge on any atom is -0.465 e. The Morgan fingerprint density at radius 3 is 1.26 bits per heavy atom. The molecule has 0 bridgehead atoms. The fourth-order valence-corrected chi connectivity index (χ4v) is 3.76. The predicted octanol–water partition coefficient (Wildman–Crippen LogP) is 3.98. The number of carbonyl (C=O) groups is 6. The van der Waals surface area contributed by atoms with Crippen molar-refractivity contribution in [1.29, 1.82) is 0 Å². The van der Waals surface area contributed by atoms with E-state index in [0.717, 1.165) is 0 Å². The summed E-state index contributed by atoms with van der Waals surface area (Å²) in [5.74, 6) is -2.30. The lowest BCUT2D eigenvalue weighted by atomic mass is 10.1. The summed E-state index contributed by atoms with van der Waals surface area (Å²) in [6.45, 7) is 10.3. The van der Waals surface area contributed by atoms with Gasteiger partial charge in [-0.25, -0.2) is 24.0 Å². The third-order valence-corrected chi connectivity index (χ3v) is 5.85. The average molecular weight is 658 g/mol. The summed E-state index contributed by atoms with van der Waals surface area (Å²) >= 11 is 0. The van der Waals surface area contributed by atoms with Gasteiger partial charge in [0, 0.05) is 31.7 Å². The van der Waals surface area contributed by atoms with Crippen molar-refractivity contribution in [3.05, 3.63) is 70.8 Å². The second-order valence-electron chi connectivity index (χ2n) is 12.1. The van der Waals surface area contributed by atoms with Crippen LogP contribution in [-0.2, 0) is 23.7 Å². The Morgan fingerprint density at radius 2 is 0.915 bits per heavy atom. The molecule has 14 heteroatoms. The summed E-state index contributed by atoms with van der Waals surface area (Å²) < 4.78 is 25.4. The lowest BCUT2D eigenvalue weighted by molar-refractivity contribution is 0.0265. The van der Waals surface area contributed by atoms with Gasteiger partial charge in [-0.15, -0.1) is 0 Å². The Morgan fingerprint density at radius 1 is 0.574 bits per heavy atom. The van der Waals surface area contributed by atoms with Crippen LogP contribution >= 0.6 is 0 Å². The zero-order chi connectivity index (χ0) is 35.2. The first-order chi connectivity index (χ1) is 22.0. The first-order valence-corrected chi connectivity index (χ1v) is 14.8. The van der Waals surface area contributed by atoms with Gasteiger partial charge in [0.05, 0.1) is 23.8 Å². The molecule has 2 N–H and O–H groups in total. The molecule has 0 aliphatic heterocycles. The van der Waals surface area contributed by atoms with E-state index in [1.165, 1.54) is 60.5 Å². The molecule has 0 unspecified atom stereocenters. The van der Waals surface area contributed by atoms with E-state index in [0.29, 0.717) is 0 Å². The highest BCUT2D eigenvalue weighted by Crippen LogP contribution is 2.11. The van der Waals surface area contributed by atoms with Crippen LogP contribution in [0.2, 0.25) is 0 Å². The van der Waals surface area contributed by atoms with E-state index < -0.39 is 47.2 Å². The number of hydrogen-bond donors (Lipinski definition) is 2. The molecule has 0 saturated carbocycles. The highest BCUT2D eigenvalue weighted by Gasteiger charge is 2.21. The van der Waals surface area contributed by atoms with Crippen molar-refractivity contribution < 1.29 is 52.5 Å². The zero-order valence-corrected chi connectivity index (χ0v) is 27.8. The number of carbonyl (C=O) groups excluding carboxylic acids is 6. The van der Waals surface area contributed by atoms with Gasteiger partial charge in [-0.3, -0.25) is 4.79 Å². The molecule has 256 valence electrons. The van der Waals surface area contributed by atoms with E-state index in [4.69, 9.17) is 18.9 Å². The van der Waals surface area contributed by atoms with Gasteiger partial charge in [-0.1, -0.05) is 0 Å². The average Bonchev–Trinajstić information content (AvgIpc) is 2.99. The molecule has 2 aromatic carbocycles. The molecule has 0 saturated heterocycles. The first kappa shape index (κ1) is 38.0. The molecule has 14 nitrogen and oxygen atoms in total. The van der Waals surface area contributed by atoms with Crippen molar-refractivity contribution in [2.24, 2.45) is 0 Å². The lowest BCUT2D eigenvalue weighted by Gasteiger charge is -2.25. The first-order valence-electron chi connectivity index (χ1n) is 14.8. The Hall–Kier alpha value is -5.14. The Kier molecular flexibility index (Phi) is 14.2. The monoisotopic (exact) mass is 657 g/mol. The van der Waals surface area contributed by atoms with Crippen LogP contribution in [-0.4, -0.2) is 98.6 Å². The maximum absolute atomic E-state index is 13.3. The van der Waals surface area contributed by atoms with E-state index in [2.05, 4.69) is 15.4 Å². The van der Waals surface area contributed by atoms with Crippen LogP contribution in [0.1, 0.15) is 83.0 Å². The van der Waals surface area contributed by atoms with Crippen molar-refractivity contribution >= 4 is 36.0 Å². The summed E-state index contributed by atoms with van der Waals surface area (Å²) in [6.07, 6.45) is -1.27. The molecule has 47 heavy (non-hydrogen) atoms. The van der Waals surface area contributed by atoms with Gasteiger partial charge in [-0.2, -0.15) is 0 Å². The van der Waals surface area contributed by atoms with Gasteiger partial charge in [0.2, 0.25) is 0 Å². The number of nitrogens with one attached hydrogen (secondary N) is 2. The van der Waals surface area contributed by atoms with Crippen LogP contribution in [0.5, 0.6) is 0 Å². The number of hydrogen-bond acceptors (Lipinski definition) is 11. The molecule has 0 aliphatic rings. The summed E-state index contributed by atoms with van der Waals surface area (Å²) in [5, 5.41) is 5.21. The number of benzene rings is 2. The third kappa shape index (κ3) is 14.2. The Bertz CT molecular complexity index is 1360. The van der Waals surface area contributed by atoms with E-state index in [1.54, 1.807) is 41.5 Å². The van der Waals surface area contributed by atoms with E-state index in [1.807, 2.05) is 0 Å². The Labute approximate surface area is 274 Å². The molecule has 3 amide bonds. The van der Waals surface area contributed by atoms with Gasteiger partial charge < -0.3 is 39.2 Å². The molecule has 0 fully saturated rings. The fraction of sp³-hybridized carbons (Fsp3) is 0.455. The van der Waals surface area contributed by atoms with E-state index >= 15 is 0 Å². The smallest absolute Gasteiger partial charge is 0.407 e. The molecular formula is C33H43N3O11. The lowest BCUT2D eigenvalue weighted by Crippen LogP contribution is -2.44. The normalized spacial score (nSPS) is 11.0. The number of ether oxygens (including phenoxy) is 5. The third-order valence-electron chi connectivity index (χ3n) is 5.85. The SMILES string of the molecule is COC(=O)c1ccc(C(=O)OCCOC(=O)c2ccc(C(=O)N(CCNC(=O)OC(C)(C)C)CCNC(=O)OC(C)(C)C)cc2)cc1. The minimum atomic E-state index is -0.692. The maximum atomic E-state index is 13.3. The molecule has 0 radical (unpaired) electrons. The second-order valence-corrected chi connectivity index (χ2v) is 12.1. The van der Waals surface area contributed by atoms with Crippen LogP contribution in [0.15, 0.2) is 48.5 Å². The van der Waals surface area contributed by atoms with Crippen LogP contribution in [0.25, 0.3) is 0 Å². The largest absolute Gasteiger partial charge is 0.465 e. The fourth-order valence-electron chi connectivity index (χ4n) is 3.76. The van der Waals surface area contributed by atoms with Gasteiger partial charge >= 0.3 is 30.1 Å². The molecule has 0 heterocycles. The molecule has 2 aromatic rings. The van der Waals surface area contributed by atoms with Crippen LogP contribution in [0.3, 0.4) is 0 Å². The van der Waals surface area contributed by atoms with Crippen LogP contribution in [0.4, 0.5) is 9.59 Å². The molecule has 0 aliphatic carbocycles. The molecule has 2 rings (SSSR count). The van der Waals surface area contributed by atoms with Crippen molar-refractivity contribution in [2.45, 2.75) is 52.7 Å². The number of rotatable bonds is 13. The summed E-state index contributed by atoms with van der Waals surface area (Å²) in [4.78, 5) is 75.1. The van der Waals surface area contributed by atoms with Gasteiger partial charge in [0.15, 0.2) is 0 Å². The van der Waals surface area contributed by atoms with Gasteiger partial charge in [-0.05, 0) is 90.1 Å². The van der Waals surface area contributed by atoms with Crippen molar-refractivity contribution in [3.8, 4) is 0 Å². The molecule has 0 atom stereocenters. The zero-order valence-electron chi connectivity index (χ0n) is 27.8. The quantitative estimate of drug-likeness (QED) is 0.181. The predicted molar refractivity (Wildman–Crippen MR) is 169 cm³/mol. The number of nitrogens with zero attached hydrogens (tertiary/aromatic N) is 1. The summed E-state index contributed by atoms with van der Waals surface area (Å²) in [7, 11) is 1.25. The summed E-state index contributed by atoms with van der Waals surface area (Å²) in [6, 6.07) is 11.4. The van der Waals surface area contributed by atoms with E-state index in [-0.39, 0.29) is 61.6 Å². The number of esters is 3. The maximum Gasteiger partial charge on any atom is 0.407 e. The van der Waals surface area contributed by atoms with Crippen molar-refractivity contribution in [3.63, 3.8) is 0 Å². The number of methoxy groups -OCH3 is 1. The van der Waals surface area contributed by atoms with Gasteiger partial charge in [0.1, 0.15) is 24.4 Å². The minimum absolute atomic E-state index is 0.0842. The van der Waals surface area contributed by atoms with Crippen LogP contribution in [0, 0.1) is 0 Å². The van der Waals surface area contributed by atoms with Gasteiger partial charge in [0.25, 0.3) is 5.91 Å². The van der Waals surface area contributed by atoms with Crippen LogP contribution < -0.4 is 10.6 Å². The highest BCUT2D eigenvalue weighted by molar-refractivity contribution is 5.96.